The molecular formula is HAg3BrO+. The molecule has 5 heavy (non-hydrogen) atoms. The molecule has 0 atom stereocenters. The predicted octanol–water partition coefficient (Wildman–Crippen LogP) is 0.452. The van der Waals surface area contributed by atoms with Crippen molar-refractivity contribution >= 4 is 17.0 Å². The Balaban J connectivity index is 0. The largest absolute Gasteiger partial charge is 2.00 e. The van der Waals surface area contributed by atoms with Crippen molar-refractivity contribution in [3.8, 4) is 0 Å². The minimum atomic E-state index is 0. The van der Waals surface area contributed by atoms with Crippen molar-refractivity contribution in [2.75, 3.05) is 0 Å². The Morgan fingerprint density at radius 3 is 0.600 bits per heavy atom. The van der Waals surface area contributed by atoms with Crippen LogP contribution in [0.15, 0.2) is 0 Å². The molecule has 0 aliphatic heterocycles. The molecular weight excluding hydrogens is 420 g/mol. The molecule has 46 valence electrons. The standard InChI is InChI=1S/3Ag.BrH.O/h;;;1H;/q3*+1;;-2. The molecule has 0 aromatic carbocycles. The normalized spacial score (nSPS) is 0. The Bertz CT molecular complexity index is 6.85. The maximum Gasteiger partial charge on any atom is 1.00 e. The van der Waals surface area contributed by atoms with E-state index in [0.29, 0.717) is 0 Å². The molecule has 0 aromatic rings. The van der Waals surface area contributed by atoms with E-state index in [2.05, 4.69) is 0 Å². The first-order valence-corrected chi connectivity index (χ1v) is 0. The van der Waals surface area contributed by atoms with Gasteiger partial charge in [0.1, 0.15) is 0 Å². The second-order valence-electron chi connectivity index (χ2n) is 0. The Labute approximate surface area is 88.3 Å². The molecule has 5 heteroatoms. The van der Waals surface area contributed by atoms with Crippen LogP contribution in [0.1, 0.15) is 0 Å². The van der Waals surface area contributed by atoms with Crippen LogP contribution >= 0.6 is 17.0 Å². The summed E-state index contributed by atoms with van der Waals surface area (Å²) in [5.41, 5.74) is 0. The van der Waals surface area contributed by atoms with Crippen molar-refractivity contribution in [2.24, 2.45) is 0 Å². The molecule has 1 nitrogen and oxygen atoms in total. The fourth-order valence-corrected chi connectivity index (χ4v) is 0. The predicted molar refractivity (Wildman–Crippen MR) is 11.0 cm³/mol. The molecule has 0 radical (unpaired) electrons. The van der Waals surface area contributed by atoms with E-state index in [0.717, 1.165) is 0 Å². The van der Waals surface area contributed by atoms with Crippen LogP contribution in [0.25, 0.3) is 0 Å². The number of hydrogen-bond donors (Lipinski definition) is 0. The Kier molecular flexibility index (Phi) is 289. The van der Waals surface area contributed by atoms with Crippen molar-refractivity contribution in [1.29, 1.82) is 0 Å². The SMILES string of the molecule is Br.[Ag+].[Ag+].[Ag+].[O-2]. The zero-order chi connectivity index (χ0) is 0. The van der Waals surface area contributed by atoms with Crippen molar-refractivity contribution in [1.82, 2.24) is 0 Å². The summed E-state index contributed by atoms with van der Waals surface area (Å²) in [5.74, 6) is 0. The van der Waals surface area contributed by atoms with Gasteiger partial charge < -0.3 is 5.48 Å². The van der Waals surface area contributed by atoms with Gasteiger partial charge in [-0.2, -0.15) is 0 Å². The summed E-state index contributed by atoms with van der Waals surface area (Å²) in [7, 11) is 0. The molecule has 0 amide bonds. The van der Waals surface area contributed by atoms with Gasteiger partial charge >= 0.3 is 67.1 Å². The van der Waals surface area contributed by atoms with Crippen molar-refractivity contribution in [2.45, 2.75) is 0 Å². The van der Waals surface area contributed by atoms with Gasteiger partial charge in [0.15, 0.2) is 0 Å². The van der Waals surface area contributed by atoms with E-state index in [1.54, 1.807) is 0 Å². The van der Waals surface area contributed by atoms with Gasteiger partial charge in [0, 0.05) is 0 Å². The van der Waals surface area contributed by atoms with E-state index in [-0.39, 0.29) is 89.6 Å². The third-order valence-corrected chi connectivity index (χ3v) is 0. The number of hydrogen-bond acceptors (Lipinski definition) is 0. The Morgan fingerprint density at radius 1 is 0.600 bits per heavy atom. The molecule has 0 unspecified atom stereocenters. The summed E-state index contributed by atoms with van der Waals surface area (Å²) in [6.45, 7) is 0. The van der Waals surface area contributed by atoms with Gasteiger partial charge in [0.2, 0.25) is 0 Å². The van der Waals surface area contributed by atoms with Crippen LogP contribution in [0.4, 0.5) is 0 Å². The molecule has 0 saturated heterocycles. The molecule has 0 aliphatic rings. The van der Waals surface area contributed by atoms with Crippen LogP contribution in [-0.4, -0.2) is 0 Å². The van der Waals surface area contributed by atoms with Gasteiger partial charge in [-0.3, -0.25) is 0 Å². The van der Waals surface area contributed by atoms with E-state index in [9.17, 15) is 0 Å². The van der Waals surface area contributed by atoms with E-state index in [1.807, 2.05) is 0 Å². The van der Waals surface area contributed by atoms with Gasteiger partial charge in [-0.05, 0) is 0 Å². The van der Waals surface area contributed by atoms with E-state index >= 15 is 0 Å². The van der Waals surface area contributed by atoms with Crippen LogP contribution in [0.2, 0.25) is 0 Å². The summed E-state index contributed by atoms with van der Waals surface area (Å²) >= 11 is 0. The average molecular weight is 421 g/mol. The number of rotatable bonds is 0. The van der Waals surface area contributed by atoms with Crippen molar-refractivity contribution < 1.29 is 72.6 Å². The first-order chi connectivity index (χ1) is 0. The van der Waals surface area contributed by atoms with E-state index in [4.69, 9.17) is 0 Å². The molecule has 0 heterocycles. The van der Waals surface area contributed by atoms with Crippen molar-refractivity contribution in [3.05, 3.63) is 0 Å². The first-order valence-electron chi connectivity index (χ1n) is 0. The van der Waals surface area contributed by atoms with Crippen LogP contribution < -0.4 is 0 Å². The summed E-state index contributed by atoms with van der Waals surface area (Å²) < 4.78 is 0. The smallest absolute Gasteiger partial charge is 1.00 e. The quantitative estimate of drug-likeness (QED) is 0.510. The zero-order valence-electron chi connectivity index (χ0n) is 1.72. The summed E-state index contributed by atoms with van der Waals surface area (Å²) in [5, 5.41) is 0. The van der Waals surface area contributed by atoms with Gasteiger partial charge in [-0.1, -0.05) is 0 Å². The molecule has 0 aromatic heterocycles. The third kappa shape index (κ3) is 20.4. The summed E-state index contributed by atoms with van der Waals surface area (Å²) in [6.07, 6.45) is 0. The fourth-order valence-electron chi connectivity index (χ4n) is 0. The van der Waals surface area contributed by atoms with Crippen LogP contribution in [-0.2, 0) is 72.6 Å². The fraction of sp³-hybridized carbons (Fsp3) is 0. The summed E-state index contributed by atoms with van der Waals surface area (Å²) in [4.78, 5) is 0. The molecule has 0 aliphatic carbocycles. The molecule has 0 rings (SSSR count). The van der Waals surface area contributed by atoms with Gasteiger partial charge in [-0.15, -0.1) is 17.0 Å². The van der Waals surface area contributed by atoms with Crippen LogP contribution in [0.3, 0.4) is 0 Å². The maximum atomic E-state index is 0. The average Bonchev–Trinajstić information content (AvgIpc) is 0. The Hall–Kier alpha value is 2.66. The first kappa shape index (κ1) is 48.0. The second-order valence-corrected chi connectivity index (χ2v) is 0. The maximum absolute atomic E-state index is 0. The number of halogens is 1. The van der Waals surface area contributed by atoms with Gasteiger partial charge in [0.05, 0.1) is 0 Å². The monoisotopic (exact) mass is 417 g/mol. The van der Waals surface area contributed by atoms with Crippen molar-refractivity contribution in [3.63, 3.8) is 0 Å². The molecule has 0 bridgehead atoms. The molecule has 0 N–H and O–H groups in total. The minimum absolute atomic E-state index is 0. The second kappa shape index (κ2) is 30.1. The van der Waals surface area contributed by atoms with Crippen LogP contribution in [0.5, 0.6) is 0 Å². The topological polar surface area (TPSA) is 28.5 Å². The molecule has 0 saturated carbocycles. The third-order valence-electron chi connectivity index (χ3n) is 0. The molecule has 0 spiro atoms. The summed E-state index contributed by atoms with van der Waals surface area (Å²) in [6, 6.07) is 0. The van der Waals surface area contributed by atoms with Gasteiger partial charge in [0.25, 0.3) is 0 Å². The Morgan fingerprint density at radius 2 is 0.600 bits per heavy atom. The van der Waals surface area contributed by atoms with E-state index < -0.39 is 0 Å². The van der Waals surface area contributed by atoms with Gasteiger partial charge in [-0.25, -0.2) is 0 Å². The van der Waals surface area contributed by atoms with Crippen LogP contribution in [0, 0.1) is 0 Å². The molecule has 0 fully saturated rings. The minimum Gasteiger partial charge on any atom is -2.00 e. The van der Waals surface area contributed by atoms with E-state index in [1.165, 1.54) is 0 Å². The zero-order valence-corrected chi connectivity index (χ0v) is 7.88.